The zero-order chi connectivity index (χ0) is 12.5. The summed E-state index contributed by atoms with van der Waals surface area (Å²) >= 11 is 0. The maximum atomic E-state index is 5.78. The molecule has 0 saturated carbocycles. The minimum absolute atomic E-state index is 0.0634. The summed E-state index contributed by atoms with van der Waals surface area (Å²) in [6, 6.07) is 11.6. The molecular formula is C13H13N5. The van der Waals surface area contributed by atoms with Gasteiger partial charge < -0.3 is 5.73 Å². The lowest BCUT2D eigenvalue weighted by Gasteiger charge is -2.06. The molecule has 0 aliphatic carbocycles. The summed E-state index contributed by atoms with van der Waals surface area (Å²) in [7, 11) is 0. The lowest BCUT2D eigenvalue weighted by molar-refractivity contribution is 0.771. The van der Waals surface area contributed by atoms with Crippen LogP contribution in [0.4, 0.5) is 0 Å². The van der Waals surface area contributed by atoms with Crippen LogP contribution in [-0.2, 0) is 0 Å². The van der Waals surface area contributed by atoms with Gasteiger partial charge in [0.15, 0.2) is 0 Å². The second kappa shape index (κ2) is 4.19. The maximum Gasteiger partial charge on any atom is 0.113 e. The van der Waals surface area contributed by atoms with Crippen LogP contribution in [0.1, 0.15) is 18.7 Å². The first-order chi connectivity index (χ1) is 8.75. The molecule has 18 heavy (non-hydrogen) atoms. The molecule has 0 spiro atoms. The smallest absolute Gasteiger partial charge is 0.113 e. The maximum absolute atomic E-state index is 5.78. The number of nitrogens with two attached hydrogens (primary N) is 1. The molecule has 0 bridgehead atoms. The number of benzene rings is 1. The number of hydrogen-bond donors (Lipinski definition) is 1. The monoisotopic (exact) mass is 239 g/mol. The van der Waals surface area contributed by atoms with Crippen molar-refractivity contribution >= 4 is 11.0 Å². The van der Waals surface area contributed by atoms with E-state index in [9.17, 15) is 0 Å². The van der Waals surface area contributed by atoms with Crippen LogP contribution in [0.25, 0.3) is 16.7 Å². The summed E-state index contributed by atoms with van der Waals surface area (Å²) in [4.78, 5) is 4.33. The Labute approximate surface area is 104 Å². The van der Waals surface area contributed by atoms with Gasteiger partial charge in [0.1, 0.15) is 5.52 Å². The van der Waals surface area contributed by atoms with Gasteiger partial charge in [0.05, 0.1) is 23.1 Å². The molecule has 0 radical (unpaired) electrons. The number of aromatic nitrogens is 4. The Morgan fingerprint density at radius 3 is 2.72 bits per heavy atom. The second-order valence-electron chi connectivity index (χ2n) is 4.22. The van der Waals surface area contributed by atoms with Crippen molar-refractivity contribution in [1.82, 2.24) is 20.0 Å². The summed E-state index contributed by atoms with van der Waals surface area (Å²) in [5.41, 5.74) is 9.36. The minimum atomic E-state index is -0.0634. The third kappa shape index (κ3) is 1.74. The van der Waals surface area contributed by atoms with Crippen LogP contribution in [0.2, 0.25) is 0 Å². The molecular weight excluding hydrogens is 226 g/mol. The summed E-state index contributed by atoms with van der Waals surface area (Å²) < 4.78 is 1.77. The van der Waals surface area contributed by atoms with Crippen LogP contribution in [0.3, 0.4) is 0 Å². The van der Waals surface area contributed by atoms with Crippen molar-refractivity contribution in [2.24, 2.45) is 5.73 Å². The van der Waals surface area contributed by atoms with Gasteiger partial charge >= 0.3 is 0 Å². The van der Waals surface area contributed by atoms with Gasteiger partial charge in [0.2, 0.25) is 0 Å². The van der Waals surface area contributed by atoms with Crippen molar-refractivity contribution in [3.05, 3.63) is 48.3 Å². The first-order valence-corrected chi connectivity index (χ1v) is 5.78. The van der Waals surface area contributed by atoms with Crippen molar-refractivity contribution in [1.29, 1.82) is 0 Å². The minimum Gasteiger partial charge on any atom is -0.323 e. The van der Waals surface area contributed by atoms with E-state index in [0.717, 1.165) is 22.4 Å². The normalized spacial score (nSPS) is 12.8. The summed E-state index contributed by atoms with van der Waals surface area (Å²) in [5, 5.41) is 8.25. The van der Waals surface area contributed by atoms with Crippen LogP contribution in [0.5, 0.6) is 0 Å². The van der Waals surface area contributed by atoms with Gasteiger partial charge in [-0.1, -0.05) is 17.3 Å². The van der Waals surface area contributed by atoms with Crippen molar-refractivity contribution in [3.63, 3.8) is 0 Å². The molecule has 0 amide bonds. The second-order valence-corrected chi connectivity index (χ2v) is 4.22. The lowest BCUT2D eigenvalue weighted by Crippen LogP contribution is -2.07. The third-order valence-corrected chi connectivity index (χ3v) is 2.83. The Hall–Kier alpha value is -2.27. The van der Waals surface area contributed by atoms with Crippen LogP contribution < -0.4 is 5.73 Å². The quantitative estimate of drug-likeness (QED) is 0.740. The molecule has 1 atom stereocenters. The number of rotatable bonds is 2. The Morgan fingerprint density at radius 2 is 2.00 bits per heavy atom. The van der Waals surface area contributed by atoms with E-state index in [1.165, 1.54) is 0 Å². The highest BCUT2D eigenvalue weighted by Crippen LogP contribution is 2.16. The van der Waals surface area contributed by atoms with E-state index in [2.05, 4.69) is 15.3 Å². The van der Waals surface area contributed by atoms with Crippen LogP contribution in [0.15, 0.2) is 42.6 Å². The first kappa shape index (κ1) is 10.9. The topological polar surface area (TPSA) is 69.6 Å². The van der Waals surface area contributed by atoms with E-state index >= 15 is 0 Å². The standard InChI is InChI=1S/C13H13N5/c1-9(14)11-7-6-10(8-15-11)18-13-5-3-2-4-12(13)16-17-18/h2-9H,14H2,1H3/t9-/m0/s1. The fourth-order valence-electron chi connectivity index (χ4n) is 1.85. The van der Waals surface area contributed by atoms with E-state index in [1.807, 2.05) is 43.3 Å². The average Bonchev–Trinajstić information content (AvgIpc) is 2.82. The molecule has 5 nitrogen and oxygen atoms in total. The molecule has 1 aromatic carbocycles. The molecule has 3 rings (SSSR count). The van der Waals surface area contributed by atoms with E-state index < -0.39 is 0 Å². The van der Waals surface area contributed by atoms with Gasteiger partial charge in [-0.2, -0.15) is 0 Å². The van der Waals surface area contributed by atoms with E-state index in [4.69, 9.17) is 5.73 Å². The number of fused-ring (bicyclic) bond motifs is 1. The number of para-hydroxylation sites is 1. The highest BCUT2D eigenvalue weighted by molar-refractivity contribution is 5.75. The lowest BCUT2D eigenvalue weighted by atomic mass is 10.2. The van der Waals surface area contributed by atoms with Crippen LogP contribution >= 0.6 is 0 Å². The Kier molecular flexibility index (Phi) is 2.53. The Balaban J connectivity index is 2.09. The van der Waals surface area contributed by atoms with Crippen LogP contribution in [0, 0.1) is 0 Å². The molecule has 2 aromatic heterocycles. The molecule has 90 valence electrons. The number of nitrogens with zero attached hydrogens (tertiary/aromatic N) is 4. The first-order valence-electron chi connectivity index (χ1n) is 5.78. The van der Waals surface area contributed by atoms with Crippen molar-refractivity contribution < 1.29 is 0 Å². The van der Waals surface area contributed by atoms with E-state index in [-0.39, 0.29) is 6.04 Å². The van der Waals surface area contributed by atoms with Crippen molar-refractivity contribution in [3.8, 4) is 5.69 Å². The summed E-state index contributed by atoms with van der Waals surface area (Å²) in [5.74, 6) is 0. The zero-order valence-corrected chi connectivity index (χ0v) is 9.99. The molecule has 0 saturated heterocycles. The average molecular weight is 239 g/mol. The molecule has 0 unspecified atom stereocenters. The number of hydrogen-bond acceptors (Lipinski definition) is 4. The summed E-state index contributed by atoms with van der Waals surface area (Å²) in [6.45, 7) is 1.91. The van der Waals surface area contributed by atoms with Gasteiger partial charge in [-0.15, -0.1) is 5.10 Å². The van der Waals surface area contributed by atoms with Crippen molar-refractivity contribution in [2.45, 2.75) is 13.0 Å². The molecule has 0 aliphatic heterocycles. The van der Waals surface area contributed by atoms with Gasteiger partial charge in [-0.3, -0.25) is 4.98 Å². The van der Waals surface area contributed by atoms with Gasteiger partial charge in [-0.25, -0.2) is 4.68 Å². The predicted molar refractivity (Wildman–Crippen MR) is 69.3 cm³/mol. The van der Waals surface area contributed by atoms with E-state index in [1.54, 1.807) is 10.9 Å². The zero-order valence-electron chi connectivity index (χ0n) is 9.99. The van der Waals surface area contributed by atoms with E-state index in [0.29, 0.717) is 0 Å². The highest BCUT2D eigenvalue weighted by Gasteiger charge is 2.07. The Morgan fingerprint density at radius 1 is 1.17 bits per heavy atom. The molecule has 0 fully saturated rings. The van der Waals surface area contributed by atoms with Crippen molar-refractivity contribution in [2.75, 3.05) is 0 Å². The van der Waals surface area contributed by atoms with Gasteiger partial charge in [0.25, 0.3) is 0 Å². The van der Waals surface area contributed by atoms with Gasteiger partial charge in [-0.05, 0) is 31.2 Å². The molecule has 3 aromatic rings. The SMILES string of the molecule is C[C@H](N)c1ccc(-n2nnc3ccccc32)cn1. The largest absolute Gasteiger partial charge is 0.323 e. The fourth-order valence-corrected chi connectivity index (χ4v) is 1.85. The van der Waals surface area contributed by atoms with Gasteiger partial charge in [0, 0.05) is 6.04 Å². The Bertz CT molecular complexity index is 669. The molecule has 0 aliphatic rings. The summed E-state index contributed by atoms with van der Waals surface area (Å²) in [6.07, 6.45) is 1.76. The molecule has 2 heterocycles. The third-order valence-electron chi connectivity index (χ3n) is 2.83. The fraction of sp³-hybridized carbons (Fsp3) is 0.154. The molecule has 2 N–H and O–H groups in total. The number of pyridine rings is 1. The highest BCUT2D eigenvalue weighted by atomic mass is 15.4. The predicted octanol–water partition coefficient (Wildman–Crippen LogP) is 1.84. The van der Waals surface area contributed by atoms with Crippen LogP contribution in [-0.4, -0.2) is 20.0 Å². The molecule has 5 heteroatoms.